The van der Waals surface area contributed by atoms with Crippen molar-refractivity contribution in [3.05, 3.63) is 108 Å². The van der Waals surface area contributed by atoms with Crippen LogP contribution in [0.2, 0.25) is 18.6 Å². The topological polar surface area (TPSA) is 6.48 Å². The summed E-state index contributed by atoms with van der Waals surface area (Å²) in [5.41, 5.74) is 10.4. The molecule has 0 heterocycles. The molecule has 2 nitrogen and oxygen atoms in total. The van der Waals surface area contributed by atoms with Gasteiger partial charge >= 0.3 is 0 Å². The van der Waals surface area contributed by atoms with E-state index in [2.05, 4.69) is 183 Å². The van der Waals surface area contributed by atoms with Gasteiger partial charge in [-0.15, -0.1) is 0 Å². The minimum Gasteiger partial charge on any atom is -0.314 e. The van der Waals surface area contributed by atoms with E-state index in [4.69, 9.17) is 0 Å². The molecule has 0 radical (unpaired) electrons. The zero-order valence-corrected chi connectivity index (χ0v) is 30.9. The first-order valence-corrected chi connectivity index (χ1v) is 20.3. The van der Waals surface area contributed by atoms with E-state index in [1.807, 2.05) is 0 Å². The summed E-state index contributed by atoms with van der Waals surface area (Å²) in [6.07, 6.45) is 5.51. The van der Waals surface area contributed by atoms with Crippen molar-refractivity contribution in [2.45, 2.75) is 104 Å². The highest BCUT2D eigenvalue weighted by molar-refractivity contribution is 6.76. The van der Waals surface area contributed by atoms with E-state index in [0.717, 1.165) is 0 Å². The van der Waals surface area contributed by atoms with Crippen LogP contribution < -0.4 is 4.90 Å². The first-order chi connectivity index (χ1) is 21.0. The number of nitrogens with zero attached hydrogens (tertiary/aromatic N) is 2. The predicted octanol–water partition coefficient (Wildman–Crippen LogP) is 11.8. The van der Waals surface area contributed by atoms with Crippen molar-refractivity contribution >= 4 is 30.9 Å². The van der Waals surface area contributed by atoms with Crippen molar-refractivity contribution in [3.8, 4) is 0 Å². The monoisotopic (exact) mass is 616 g/mol. The molecule has 3 heteroatoms. The minimum atomic E-state index is -1.90. The molecule has 5 unspecified atom stereocenters. The van der Waals surface area contributed by atoms with E-state index in [0.29, 0.717) is 29.2 Å². The third-order valence-electron chi connectivity index (χ3n) is 11.5. The highest BCUT2D eigenvalue weighted by Gasteiger charge is 2.58. The van der Waals surface area contributed by atoms with Gasteiger partial charge in [0.1, 0.15) is 8.24 Å². The van der Waals surface area contributed by atoms with Crippen LogP contribution in [0.1, 0.15) is 80.4 Å². The second-order valence-corrected chi connectivity index (χ2v) is 21.7. The number of para-hydroxylation sites is 2. The average molecular weight is 617 g/mol. The third kappa shape index (κ3) is 5.19. The van der Waals surface area contributed by atoms with Crippen LogP contribution in [0, 0.1) is 23.7 Å². The molecule has 1 saturated carbocycles. The van der Waals surface area contributed by atoms with Crippen LogP contribution in [0.5, 0.6) is 0 Å². The standard InChI is InChI=1S/C42H56N2Si/c1-28-29(2)39(45(11,12)44(40(3,4)5)41(6,7)8)36-26-35-33-24-23-32(25-37(33)42(9,10)38(35)27-34(28)36)43(30-19-15-13-16-20-30)31-21-17-14-18-22-31/h13-29,34,36,39H,1-12H3. The van der Waals surface area contributed by atoms with Gasteiger partial charge in [-0.25, -0.2) is 0 Å². The lowest BCUT2D eigenvalue weighted by molar-refractivity contribution is 0.121. The van der Waals surface area contributed by atoms with Crippen molar-refractivity contribution < 1.29 is 0 Å². The molecule has 0 N–H and O–H groups in total. The number of anilines is 3. The summed E-state index contributed by atoms with van der Waals surface area (Å²) in [5.74, 6) is 2.53. The molecule has 3 aromatic carbocycles. The maximum Gasteiger partial charge on any atom is 0.127 e. The summed E-state index contributed by atoms with van der Waals surface area (Å²) in [7, 11) is -1.90. The molecular formula is C42H56N2Si. The summed E-state index contributed by atoms with van der Waals surface area (Å²) in [6, 6.07) is 28.8. The lowest BCUT2D eigenvalue weighted by atomic mass is 9.75. The molecule has 45 heavy (non-hydrogen) atoms. The van der Waals surface area contributed by atoms with Crippen LogP contribution in [0.15, 0.2) is 96.6 Å². The molecule has 0 amide bonds. The summed E-state index contributed by atoms with van der Waals surface area (Å²) in [6.45, 7) is 30.0. The second kappa shape index (κ2) is 10.8. The zero-order chi connectivity index (χ0) is 32.7. The molecule has 0 aromatic heterocycles. The van der Waals surface area contributed by atoms with E-state index < -0.39 is 8.24 Å². The minimum absolute atomic E-state index is 0.0436. The summed E-state index contributed by atoms with van der Waals surface area (Å²) in [5, 5.41) is 0. The second-order valence-electron chi connectivity index (χ2n) is 17.3. The van der Waals surface area contributed by atoms with E-state index in [1.54, 1.807) is 5.57 Å². The van der Waals surface area contributed by atoms with E-state index in [-0.39, 0.29) is 16.5 Å². The van der Waals surface area contributed by atoms with Crippen LogP contribution in [0.25, 0.3) is 5.57 Å². The predicted molar refractivity (Wildman–Crippen MR) is 198 cm³/mol. The molecule has 0 aliphatic heterocycles. The first-order valence-electron chi connectivity index (χ1n) is 17.3. The van der Waals surface area contributed by atoms with E-state index in [1.165, 1.54) is 33.8 Å². The van der Waals surface area contributed by atoms with Crippen molar-refractivity contribution in [2.24, 2.45) is 23.7 Å². The molecule has 3 aliphatic rings. The smallest absolute Gasteiger partial charge is 0.127 e. The lowest BCUT2D eigenvalue weighted by Gasteiger charge is -2.57. The Balaban J connectivity index is 1.46. The van der Waals surface area contributed by atoms with Gasteiger partial charge in [0.2, 0.25) is 0 Å². The Labute approximate surface area is 275 Å². The average Bonchev–Trinajstić information content (AvgIpc) is 3.33. The number of hydrogen-bond donors (Lipinski definition) is 0. The van der Waals surface area contributed by atoms with Gasteiger partial charge < -0.3 is 9.47 Å². The molecule has 6 rings (SSSR count). The Hall–Kier alpha value is -2.88. The molecule has 0 bridgehead atoms. The molecular weight excluding hydrogens is 561 g/mol. The Kier molecular flexibility index (Phi) is 7.73. The lowest BCUT2D eigenvalue weighted by Crippen LogP contribution is -2.67. The summed E-state index contributed by atoms with van der Waals surface area (Å²) < 4.78 is 2.96. The van der Waals surface area contributed by atoms with Crippen LogP contribution in [-0.4, -0.2) is 23.9 Å². The fourth-order valence-corrected chi connectivity index (χ4v) is 17.2. The number of fused-ring (bicyclic) bond motifs is 4. The van der Waals surface area contributed by atoms with Gasteiger partial charge in [-0.1, -0.05) is 95.4 Å². The number of hydrogen-bond acceptors (Lipinski definition) is 2. The van der Waals surface area contributed by atoms with Gasteiger partial charge in [-0.2, -0.15) is 0 Å². The number of benzene rings is 3. The molecule has 5 atom stereocenters. The maximum absolute atomic E-state index is 2.96. The number of rotatable bonds is 5. The largest absolute Gasteiger partial charge is 0.314 e. The highest BCUT2D eigenvalue weighted by atomic mass is 28.3. The molecule has 0 saturated heterocycles. The molecule has 238 valence electrons. The fourth-order valence-electron chi connectivity index (χ4n) is 10.6. The van der Waals surface area contributed by atoms with Gasteiger partial charge in [-0.05, 0) is 129 Å². The molecule has 0 spiro atoms. The van der Waals surface area contributed by atoms with Crippen LogP contribution in [-0.2, 0) is 5.41 Å². The zero-order valence-electron chi connectivity index (χ0n) is 29.9. The number of allylic oxidation sites excluding steroid dienone is 4. The van der Waals surface area contributed by atoms with Gasteiger partial charge in [0.25, 0.3) is 0 Å². The summed E-state index contributed by atoms with van der Waals surface area (Å²) in [4.78, 5) is 2.40. The van der Waals surface area contributed by atoms with Crippen LogP contribution >= 0.6 is 0 Å². The van der Waals surface area contributed by atoms with Crippen molar-refractivity contribution in [3.63, 3.8) is 0 Å². The van der Waals surface area contributed by atoms with Crippen molar-refractivity contribution in [1.29, 1.82) is 0 Å². The Morgan fingerprint density at radius 2 is 1.18 bits per heavy atom. The van der Waals surface area contributed by atoms with E-state index in [9.17, 15) is 0 Å². The Morgan fingerprint density at radius 3 is 1.69 bits per heavy atom. The first kappa shape index (κ1) is 32.1. The summed E-state index contributed by atoms with van der Waals surface area (Å²) >= 11 is 0. The molecule has 3 aliphatic carbocycles. The van der Waals surface area contributed by atoms with Crippen molar-refractivity contribution in [1.82, 2.24) is 4.57 Å². The van der Waals surface area contributed by atoms with Crippen LogP contribution in [0.3, 0.4) is 0 Å². The van der Waals surface area contributed by atoms with Crippen molar-refractivity contribution in [2.75, 3.05) is 4.90 Å². The van der Waals surface area contributed by atoms with Crippen LogP contribution in [0.4, 0.5) is 17.1 Å². The van der Waals surface area contributed by atoms with Gasteiger partial charge in [-0.3, -0.25) is 0 Å². The fraction of sp³-hybridized carbons (Fsp3) is 0.476. The third-order valence-corrected chi connectivity index (χ3v) is 16.6. The van der Waals surface area contributed by atoms with Gasteiger partial charge in [0.05, 0.1) is 0 Å². The van der Waals surface area contributed by atoms with E-state index >= 15 is 0 Å². The SMILES string of the molecule is CC1C(C)C([Si](C)(C)N(C(C)(C)C)C(C)(C)C)C2C=C3C(=CC12)C(C)(C)c1cc(N(c2ccccc2)c2ccccc2)ccc13. The Morgan fingerprint density at radius 1 is 0.644 bits per heavy atom. The van der Waals surface area contributed by atoms with Gasteiger partial charge in [0, 0.05) is 33.6 Å². The highest BCUT2D eigenvalue weighted by Crippen LogP contribution is 2.63. The van der Waals surface area contributed by atoms with Gasteiger partial charge in [0.15, 0.2) is 0 Å². The Bertz CT molecular complexity index is 1560. The molecule has 3 aromatic rings. The normalized spacial score (nSPS) is 25.8. The molecule has 1 fully saturated rings. The quantitative estimate of drug-likeness (QED) is 0.263. The maximum atomic E-state index is 2.96.